The second kappa shape index (κ2) is 6.81. The number of carboxylic acid groups (broad SMARTS) is 1. The summed E-state index contributed by atoms with van der Waals surface area (Å²) >= 11 is 0. The molecule has 1 N–H and O–H groups in total. The zero-order chi connectivity index (χ0) is 16.2. The summed E-state index contributed by atoms with van der Waals surface area (Å²) < 4.78 is 5.66. The van der Waals surface area contributed by atoms with Crippen molar-refractivity contribution in [3.63, 3.8) is 0 Å². The number of hydrogen-bond donors (Lipinski definition) is 1. The molecule has 5 nitrogen and oxygen atoms in total. The minimum atomic E-state index is -0.828. The van der Waals surface area contributed by atoms with Crippen molar-refractivity contribution in [1.29, 1.82) is 0 Å². The third kappa shape index (κ3) is 3.78. The number of rotatable bonds is 6. The Morgan fingerprint density at radius 3 is 2.73 bits per heavy atom. The van der Waals surface area contributed by atoms with Gasteiger partial charge in [-0.1, -0.05) is 18.2 Å². The SMILES string of the molecule is Cc1ccccc1OCCCC(=O)N1CCC(C)(C(=O)O)C1. The van der Waals surface area contributed by atoms with Crippen LogP contribution in [0.25, 0.3) is 0 Å². The van der Waals surface area contributed by atoms with Crippen LogP contribution in [0.3, 0.4) is 0 Å². The van der Waals surface area contributed by atoms with Crippen molar-refractivity contribution in [3.8, 4) is 5.75 Å². The van der Waals surface area contributed by atoms with Crippen molar-refractivity contribution in [2.24, 2.45) is 5.41 Å². The summed E-state index contributed by atoms with van der Waals surface area (Å²) in [5.74, 6) is 0.0265. The third-order valence-corrected chi connectivity index (χ3v) is 4.23. The first-order chi connectivity index (χ1) is 10.4. The minimum Gasteiger partial charge on any atom is -0.493 e. The molecule has 0 spiro atoms. The number of carbonyl (C=O) groups is 2. The van der Waals surface area contributed by atoms with E-state index in [0.717, 1.165) is 11.3 Å². The second-order valence-corrected chi connectivity index (χ2v) is 6.15. The van der Waals surface area contributed by atoms with Crippen molar-refractivity contribution in [3.05, 3.63) is 29.8 Å². The Balaban J connectivity index is 1.73. The quantitative estimate of drug-likeness (QED) is 0.820. The van der Waals surface area contributed by atoms with Gasteiger partial charge in [-0.3, -0.25) is 9.59 Å². The maximum atomic E-state index is 12.1. The van der Waals surface area contributed by atoms with Crippen LogP contribution in [0.15, 0.2) is 24.3 Å². The van der Waals surface area contributed by atoms with Gasteiger partial charge in [0.05, 0.1) is 12.0 Å². The average molecular weight is 305 g/mol. The van der Waals surface area contributed by atoms with Crippen molar-refractivity contribution in [1.82, 2.24) is 4.90 Å². The van der Waals surface area contributed by atoms with E-state index < -0.39 is 11.4 Å². The molecule has 0 aliphatic carbocycles. The smallest absolute Gasteiger partial charge is 0.311 e. The fraction of sp³-hybridized carbons (Fsp3) is 0.529. The molecule has 2 rings (SSSR count). The normalized spacial score (nSPS) is 20.9. The van der Waals surface area contributed by atoms with Crippen molar-refractivity contribution >= 4 is 11.9 Å². The number of hydrogen-bond acceptors (Lipinski definition) is 3. The standard InChI is InChI=1S/C17H23NO4/c1-13-6-3-4-7-14(13)22-11-5-8-15(19)18-10-9-17(2,12-18)16(20)21/h3-4,6-7H,5,8-12H2,1-2H3,(H,20,21). The maximum absolute atomic E-state index is 12.1. The topological polar surface area (TPSA) is 66.8 Å². The van der Waals surface area contributed by atoms with E-state index >= 15 is 0 Å². The van der Waals surface area contributed by atoms with Crippen LogP contribution in [0.5, 0.6) is 5.75 Å². The highest BCUT2D eigenvalue weighted by Crippen LogP contribution is 2.30. The molecule has 1 aromatic rings. The molecule has 1 saturated heterocycles. The van der Waals surface area contributed by atoms with Gasteiger partial charge in [-0.25, -0.2) is 0 Å². The monoisotopic (exact) mass is 305 g/mol. The summed E-state index contributed by atoms with van der Waals surface area (Å²) in [6.45, 7) is 5.00. The Morgan fingerprint density at radius 2 is 2.09 bits per heavy atom. The molecule has 0 radical (unpaired) electrons. The van der Waals surface area contributed by atoms with Gasteiger partial charge in [-0.2, -0.15) is 0 Å². The number of likely N-dealkylation sites (tertiary alicyclic amines) is 1. The molecule has 1 aliphatic heterocycles. The largest absolute Gasteiger partial charge is 0.493 e. The zero-order valence-electron chi connectivity index (χ0n) is 13.2. The van der Waals surface area contributed by atoms with Gasteiger partial charge in [-0.15, -0.1) is 0 Å². The highest BCUT2D eigenvalue weighted by atomic mass is 16.5. The van der Waals surface area contributed by atoms with Crippen molar-refractivity contribution in [2.75, 3.05) is 19.7 Å². The Kier molecular flexibility index (Phi) is 5.06. The lowest BCUT2D eigenvalue weighted by atomic mass is 9.90. The summed E-state index contributed by atoms with van der Waals surface area (Å²) in [5.41, 5.74) is 0.276. The number of amides is 1. The molecule has 5 heteroatoms. The van der Waals surface area contributed by atoms with Gasteiger partial charge in [0.25, 0.3) is 0 Å². The van der Waals surface area contributed by atoms with Gasteiger partial charge in [0.2, 0.25) is 5.91 Å². The number of nitrogens with zero attached hydrogens (tertiary/aromatic N) is 1. The van der Waals surface area contributed by atoms with Gasteiger partial charge in [-0.05, 0) is 38.3 Å². The molecule has 0 saturated carbocycles. The van der Waals surface area contributed by atoms with E-state index in [2.05, 4.69) is 0 Å². The molecular formula is C17H23NO4. The van der Waals surface area contributed by atoms with Crippen LogP contribution in [0, 0.1) is 12.3 Å². The molecule has 22 heavy (non-hydrogen) atoms. The third-order valence-electron chi connectivity index (χ3n) is 4.23. The zero-order valence-corrected chi connectivity index (χ0v) is 13.2. The molecule has 0 bridgehead atoms. The Hall–Kier alpha value is -2.04. The van der Waals surface area contributed by atoms with Gasteiger partial charge in [0.1, 0.15) is 5.75 Å². The van der Waals surface area contributed by atoms with E-state index in [9.17, 15) is 14.7 Å². The Morgan fingerprint density at radius 1 is 1.36 bits per heavy atom. The maximum Gasteiger partial charge on any atom is 0.311 e. The van der Waals surface area contributed by atoms with Crippen LogP contribution in [0.4, 0.5) is 0 Å². The van der Waals surface area contributed by atoms with Gasteiger partial charge < -0.3 is 14.7 Å². The summed E-state index contributed by atoms with van der Waals surface area (Å²) in [7, 11) is 0. The first kappa shape index (κ1) is 16.3. The highest BCUT2D eigenvalue weighted by molar-refractivity contribution is 5.80. The lowest BCUT2D eigenvalue weighted by Crippen LogP contribution is -2.34. The fourth-order valence-corrected chi connectivity index (χ4v) is 2.63. The molecule has 1 aliphatic rings. The molecule has 1 amide bonds. The number of para-hydroxylation sites is 1. The van der Waals surface area contributed by atoms with Crippen molar-refractivity contribution < 1.29 is 19.4 Å². The first-order valence-corrected chi connectivity index (χ1v) is 7.62. The molecule has 1 heterocycles. The van der Waals surface area contributed by atoms with Crippen LogP contribution in [0.2, 0.25) is 0 Å². The van der Waals surface area contributed by atoms with Gasteiger partial charge >= 0.3 is 5.97 Å². The van der Waals surface area contributed by atoms with E-state index in [1.54, 1.807) is 11.8 Å². The number of aryl methyl sites for hydroxylation is 1. The molecule has 1 unspecified atom stereocenters. The summed E-state index contributed by atoms with van der Waals surface area (Å²) in [4.78, 5) is 24.9. The summed E-state index contributed by atoms with van der Waals surface area (Å²) in [6, 6.07) is 7.77. The lowest BCUT2D eigenvalue weighted by Gasteiger charge is -2.20. The first-order valence-electron chi connectivity index (χ1n) is 7.62. The fourth-order valence-electron chi connectivity index (χ4n) is 2.63. The highest BCUT2D eigenvalue weighted by Gasteiger charge is 2.41. The predicted octanol–water partition coefficient (Wildman–Crippen LogP) is 2.48. The van der Waals surface area contributed by atoms with Gasteiger partial charge in [0.15, 0.2) is 0 Å². The van der Waals surface area contributed by atoms with E-state index in [1.165, 1.54) is 0 Å². The molecule has 120 valence electrons. The van der Waals surface area contributed by atoms with E-state index in [4.69, 9.17) is 4.74 Å². The van der Waals surface area contributed by atoms with Crippen LogP contribution < -0.4 is 4.74 Å². The van der Waals surface area contributed by atoms with Crippen molar-refractivity contribution in [2.45, 2.75) is 33.1 Å². The summed E-state index contributed by atoms with van der Waals surface area (Å²) in [5, 5.41) is 9.18. The number of carboxylic acids is 1. The summed E-state index contributed by atoms with van der Waals surface area (Å²) in [6.07, 6.45) is 1.54. The van der Waals surface area contributed by atoms with Gasteiger partial charge in [0, 0.05) is 19.5 Å². The lowest BCUT2D eigenvalue weighted by molar-refractivity contribution is -0.147. The van der Waals surface area contributed by atoms with E-state index in [1.807, 2.05) is 31.2 Å². The Bertz CT molecular complexity index is 557. The minimum absolute atomic E-state index is 0.0124. The van der Waals surface area contributed by atoms with Crippen LogP contribution in [0.1, 0.15) is 31.7 Å². The predicted molar refractivity (Wildman–Crippen MR) is 82.8 cm³/mol. The molecule has 1 atom stereocenters. The molecule has 1 fully saturated rings. The van der Waals surface area contributed by atoms with Crippen LogP contribution >= 0.6 is 0 Å². The Labute approximate surface area is 130 Å². The van der Waals surface area contributed by atoms with Crippen LogP contribution in [-0.2, 0) is 9.59 Å². The van der Waals surface area contributed by atoms with E-state index in [0.29, 0.717) is 39.0 Å². The second-order valence-electron chi connectivity index (χ2n) is 6.15. The average Bonchev–Trinajstić information content (AvgIpc) is 2.89. The number of benzene rings is 1. The molecule has 0 aromatic heterocycles. The van der Waals surface area contributed by atoms with E-state index in [-0.39, 0.29) is 5.91 Å². The molecule has 1 aromatic carbocycles. The number of aliphatic carboxylic acids is 1. The number of ether oxygens (including phenoxy) is 1. The number of carbonyl (C=O) groups excluding carboxylic acids is 1. The molecular weight excluding hydrogens is 282 g/mol. The van der Waals surface area contributed by atoms with Crippen LogP contribution in [-0.4, -0.2) is 41.6 Å².